The van der Waals surface area contributed by atoms with E-state index in [4.69, 9.17) is 34.7 Å². The predicted molar refractivity (Wildman–Crippen MR) is 100.0 cm³/mol. The van der Waals surface area contributed by atoms with Gasteiger partial charge in [-0.15, -0.1) is 0 Å². The number of hydrogen-bond acceptors (Lipinski definition) is 5. The minimum atomic E-state index is -0.508. The lowest BCUT2D eigenvalue weighted by Crippen LogP contribution is -2.38. The molecule has 2 aromatic heterocycles. The fraction of sp³-hybridized carbons (Fsp3) is 0.188. The van der Waals surface area contributed by atoms with Crippen molar-refractivity contribution < 1.29 is 0 Å². The molecule has 0 unspecified atom stereocenters. The molecule has 25 heavy (non-hydrogen) atoms. The summed E-state index contributed by atoms with van der Waals surface area (Å²) in [6.07, 6.45) is 0. The molecule has 0 aliphatic carbocycles. The molecule has 7 nitrogen and oxygen atoms in total. The highest BCUT2D eigenvalue weighted by atomic mass is 35.5. The van der Waals surface area contributed by atoms with Crippen LogP contribution < -0.4 is 22.7 Å². The third kappa shape index (κ3) is 2.52. The number of rotatable bonds is 2. The lowest BCUT2D eigenvalue weighted by Gasteiger charge is -2.17. The highest BCUT2D eigenvalue weighted by molar-refractivity contribution is 6.44. The first-order valence-electron chi connectivity index (χ1n) is 7.32. The Morgan fingerprint density at radius 1 is 1.16 bits per heavy atom. The highest BCUT2D eigenvalue weighted by Crippen LogP contribution is 2.39. The van der Waals surface area contributed by atoms with Crippen LogP contribution in [0.4, 0.5) is 5.82 Å². The summed E-state index contributed by atoms with van der Waals surface area (Å²) < 4.78 is 2.26. The molecule has 0 saturated carbocycles. The van der Waals surface area contributed by atoms with Gasteiger partial charge in [-0.3, -0.25) is 13.9 Å². The Morgan fingerprint density at radius 2 is 1.84 bits per heavy atom. The molecule has 3 rings (SSSR count). The van der Waals surface area contributed by atoms with Crippen LogP contribution in [0.5, 0.6) is 0 Å². The second-order valence-electron chi connectivity index (χ2n) is 5.56. The Hall–Kier alpha value is -2.35. The molecule has 0 fully saturated rings. The van der Waals surface area contributed by atoms with Crippen LogP contribution in [0.1, 0.15) is 5.56 Å². The number of halogens is 2. The Bertz CT molecular complexity index is 1130. The number of fused-ring (bicyclic) bond motifs is 1. The zero-order chi connectivity index (χ0) is 18.5. The monoisotopic (exact) mass is 379 g/mol. The van der Waals surface area contributed by atoms with Crippen molar-refractivity contribution in [3.63, 3.8) is 0 Å². The minimum absolute atomic E-state index is 0.0406. The van der Waals surface area contributed by atoms with Gasteiger partial charge in [-0.25, -0.2) is 9.78 Å². The number of aryl methyl sites for hydroxylation is 1. The van der Waals surface area contributed by atoms with Crippen LogP contribution in [0.25, 0.3) is 22.2 Å². The van der Waals surface area contributed by atoms with Crippen LogP contribution >= 0.6 is 23.2 Å². The first-order chi connectivity index (χ1) is 11.8. The molecule has 0 spiro atoms. The van der Waals surface area contributed by atoms with Gasteiger partial charge < -0.3 is 11.5 Å². The largest absolute Gasteiger partial charge is 0.383 e. The summed E-state index contributed by atoms with van der Waals surface area (Å²) in [5.74, 6) is 0.129. The van der Waals surface area contributed by atoms with Crippen molar-refractivity contribution in [3.05, 3.63) is 54.6 Å². The summed E-state index contributed by atoms with van der Waals surface area (Å²) in [5.41, 5.74) is 12.4. The van der Waals surface area contributed by atoms with Crippen molar-refractivity contribution in [1.82, 2.24) is 14.1 Å². The molecule has 0 amide bonds. The third-order valence-corrected chi connectivity index (χ3v) is 4.96. The minimum Gasteiger partial charge on any atom is -0.383 e. The lowest BCUT2D eigenvalue weighted by atomic mass is 9.97. The average molecular weight is 380 g/mol. The van der Waals surface area contributed by atoms with E-state index in [0.717, 1.165) is 4.57 Å². The van der Waals surface area contributed by atoms with Crippen molar-refractivity contribution >= 4 is 40.1 Å². The number of nitrogens with zero attached hydrogens (tertiary/aromatic N) is 3. The fourth-order valence-electron chi connectivity index (χ4n) is 2.84. The van der Waals surface area contributed by atoms with Crippen LogP contribution in [0, 0.1) is 0 Å². The van der Waals surface area contributed by atoms with Gasteiger partial charge in [0.25, 0.3) is 5.56 Å². The number of nitrogen functional groups attached to an aromatic ring is 1. The van der Waals surface area contributed by atoms with E-state index in [1.54, 1.807) is 18.2 Å². The third-order valence-electron chi connectivity index (χ3n) is 4.15. The molecule has 4 N–H and O–H groups in total. The Morgan fingerprint density at radius 3 is 2.48 bits per heavy atom. The molecule has 9 heteroatoms. The van der Waals surface area contributed by atoms with Gasteiger partial charge in [0.2, 0.25) is 0 Å². The number of anilines is 1. The molecular weight excluding hydrogens is 365 g/mol. The van der Waals surface area contributed by atoms with Crippen molar-refractivity contribution in [2.75, 3.05) is 5.73 Å². The molecule has 2 heterocycles. The molecule has 0 radical (unpaired) electrons. The van der Waals surface area contributed by atoms with Gasteiger partial charge >= 0.3 is 5.69 Å². The summed E-state index contributed by atoms with van der Waals surface area (Å²) >= 11 is 12.5. The number of aromatic nitrogens is 3. The smallest absolute Gasteiger partial charge is 0.332 e. The number of hydrogen-bond donors (Lipinski definition) is 2. The summed E-state index contributed by atoms with van der Waals surface area (Å²) in [7, 11) is 2.91. The molecule has 130 valence electrons. The maximum Gasteiger partial charge on any atom is 0.332 e. The van der Waals surface area contributed by atoms with E-state index in [1.807, 2.05) is 0 Å². The fourth-order valence-corrected chi connectivity index (χ4v) is 3.24. The number of nitrogens with two attached hydrogens (primary N) is 2. The van der Waals surface area contributed by atoms with Crippen molar-refractivity contribution in [1.29, 1.82) is 0 Å². The summed E-state index contributed by atoms with van der Waals surface area (Å²) in [6.45, 7) is 0.0406. The van der Waals surface area contributed by atoms with E-state index in [1.165, 1.54) is 18.7 Å². The first kappa shape index (κ1) is 17.5. The van der Waals surface area contributed by atoms with Gasteiger partial charge in [-0.2, -0.15) is 0 Å². The van der Waals surface area contributed by atoms with Crippen LogP contribution in [0.2, 0.25) is 10.0 Å². The molecule has 1 aromatic carbocycles. The zero-order valence-corrected chi connectivity index (χ0v) is 15.0. The van der Waals surface area contributed by atoms with E-state index in [0.29, 0.717) is 21.7 Å². The Balaban J connectivity index is 2.68. The molecule has 0 aliphatic heterocycles. The second kappa shape index (κ2) is 6.18. The standard InChI is InChI=1S/C16H15Cl2N5O2/c1-22-14-11(15(24)23(2)16(22)25)10(8(6-19)13(20)21-14)7-4-3-5-9(17)12(7)18/h3-5H,6,19H2,1-2H3,(H2,20,21). The normalized spacial score (nSPS) is 11.2. The van der Waals surface area contributed by atoms with Crippen LogP contribution in [0.3, 0.4) is 0 Å². The quantitative estimate of drug-likeness (QED) is 0.703. The predicted octanol–water partition coefficient (Wildman–Crippen LogP) is 1.65. The van der Waals surface area contributed by atoms with Crippen molar-refractivity contribution in [2.45, 2.75) is 6.54 Å². The summed E-state index contributed by atoms with van der Waals surface area (Å²) in [6, 6.07) is 5.06. The number of benzene rings is 1. The van der Waals surface area contributed by atoms with Crippen LogP contribution in [0.15, 0.2) is 27.8 Å². The molecule has 0 atom stereocenters. The molecular formula is C16H15Cl2N5O2. The molecule has 3 aromatic rings. The first-order valence-corrected chi connectivity index (χ1v) is 8.07. The molecule has 0 bridgehead atoms. The van der Waals surface area contributed by atoms with E-state index in [2.05, 4.69) is 4.98 Å². The van der Waals surface area contributed by atoms with Gasteiger partial charge in [-0.1, -0.05) is 35.3 Å². The summed E-state index contributed by atoms with van der Waals surface area (Å²) in [4.78, 5) is 29.3. The van der Waals surface area contributed by atoms with Crippen LogP contribution in [-0.4, -0.2) is 14.1 Å². The zero-order valence-electron chi connectivity index (χ0n) is 13.5. The van der Waals surface area contributed by atoms with E-state index in [9.17, 15) is 9.59 Å². The lowest BCUT2D eigenvalue weighted by molar-refractivity contribution is 0.708. The Labute approximate surface area is 152 Å². The number of pyridine rings is 1. The Kier molecular flexibility index (Phi) is 4.32. The highest BCUT2D eigenvalue weighted by Gasteiger charge is 2.22. The average Bonchev–Trinajstić information content (AvgIpc) is 2.59. The maximum atomic E-state index is 12.8. The van der Waals surface area contributed by atoms with Crippen LogP contribution in [-0.2, 0) is 20.6 Å². The van der Waals surface area contributed by atoms with Gasteiger partial charge in [0.15, 0.2) is 5.65 Å². The van der Waals surface area contributed by atoms with Gasteiger partial charge in [0.1, 0.15) is 5.82 Å². The van der Waals surface area contributed by atoms with Gasteiger partial charge in [0.05, 0.1) is 15.4 Å². The molecule has 0 aliphatic rings. The SMILES string of the molecule is Cn1c(=O)c2c(-c3cccc(Cl)c3Cl)c(CN)c(N)nc2n(C)c1=O. The molecule has 0 saturated heterocycles. The topological polar surface area (TPSA) is 109 Å². The van der Waals surface area contributed by atoms with Crippen molar-refractivity contribution in [2.24, 2.45) is 19.8 Å². The van der Waals surface area contributed by atoms with E-state index >= 15 is 0 Å². The maximum absolute atomic E-state index is 12.8. The second-order valence-corrected chi connectivity index (χ2v) is 6.35. The van der Waals surface area contributed by atoms with Gasteiger partial charge in [-0.05, 0) is 6.07 Å². The summed E-state index contributed by atoms with van der Waals surface area (Å²) in [5, 5.41) is 0.803. The van der Waals surface area contributed by atoms with E-state index < -0.39 is 11.2 Å². The van der Waals surface area contributed by atoms with Gasteiger partial charge in [0, 0.05) is 37.3 Å². The van der Waals surface area contributed by atoms with Crippen molar-refractivity contribution in [3.8, 4) is 11.1 Å². The van der Waals surface area contributed by atoms with E-state index in [-0.39, 0.29) is 28.4 Å².